The molecule has 1 atom stereocenters. The zero-order valence-electron chi connectivity index (χ0n) is 15.9. The SMILES string of the molecule is Cc1cc(C(=O)N[C@H](C)CCc2ccccc2)c2cnn(C(C)C)c2n1. The van der Waals surface area contributed by atoms with Crippen LogP contribution in [0.1, 0.15) is 54.8 Å². The van der Waals surface area contributed by atoms with E-state index in [9.17, 15) is 4.79 Å². The fraction of sp³-hybridized carbons (Fsp3) is 0.381. The van der Waals surface area contributed by atoms with Crippen molar-refractivity contribution in [2.45, 2.75) is 52.6 Å². The normalized spacial score (nSPS) is 12.5. The Hall–Kier alpha value is -2.69. The molecule has 0 aliphatic heterocycles. The third-order valence-electron chi connectivity index (χ3n) is 4.51. The van der Waals surface area contributed by atoms with Crippen molar-refractivity contribution in [1.82, 2.24) is 20.1 Å². The van der Waals surface area contributed by atoms with E-state index in [0.29, 0.717) is 5.56 Å². The second-order valence-electron chi connectivity index (χ2n) is 7.13. The van der Waals surface area contributed by atoms with E-state index < -0.39 is 0 Å². The van der Waals surface area contributed by atoms with Gasteiger partial charge in [0.2, 0.25) is 0 Å². The monoisotopic (exact) mass is 350 g/mol. The van der Waals surface area contributed by atoms with Gasteiger partial charge in [0.25, 0.3) is 5.91 Å². The first-order valence-electron chi connectivity index (χ1n) is 9.15. The second kappa shape index (κ2) is 7.68. The van der Waals surface area contributed by atoms with Crippen molar-refractivity contribution in [3.8, 4) is 0 Å². The topological polar surface area (TPSA) is 59.8 Å². The molecule has 0 bridgehead atoms. The first-order valence-corrected chi connectivity index (χ1v) is 9.15. The minimum Gasteiger partial charge on any atom is -0.350 e. The smallest absolute Gasteiger partial charge is 0.252 e. The quantitative estimate of drug-likeness (QED) is 0.729. The number of nitrogens with zero attached hydrogens (tertiary/aromatic N) is 3. The Bertz CT molecular complexity index is 899. The maximum absolute atomic E-state index is 12.8. The van der Waals surface area contributed by atoms with Crippen molar-refractivity contribution < 1.29 is 4.79 Å². The highest BCUT2D eigenvalue weighted by atomic mass is 16.1. The van der Waals surface area contributed by atoms with E-state index >= 15 is 0 Å². The van der Waals surface area contributed by atoms with Gasteiger partial charge in [-0.2, -0.15) is 5.10 Å². The molecule has 5 nitrogen and oxygen atoms in total. The zero-order chi connectivity index (χ0) is 18.7. The predicted molar refractivity (Wildman–Crippen MR) is 104 cm³/mol. The van der Waals surface area contributed by atoms with Crippen LogP contribution in [0.15, 0.2) is 42.6 Å². The summed E-state index contributed by atoms with van der Waals surface area (Å²) in [4.78, 5) is 17.4. The van der Waals surface area contributed by atoms with Crippen LogP contribution in [-0.4, -0.2) is 26.7 Å². The molecule has 0 saturated heterocycles. The van der Waals surface area contributed by atoms with Gasteiger partial charge in [-0.05, 0) is 52.2 Å². The Morgan fingerprint density at radius 2 is 1.92 bits per heavy atom. The largest absolute Gasteiger partial charge is 0.350 e. The van der Waals surface area contributed by atoms with Crippen LogP contribution in [0.3, 0.4) is 0 Å². The van der Waals surface area contributed by atoms with Crippen molar-refractivity contribution in [3.63, 3.8) is 0 Å². The standard InChI is InChI=1S/C21H26N4O/c1-14(2)25-20-19(13-22-25)18(12-16(4)23-20)21(26)24-15(3)10-11-17-8-6-5-7-9-17/h5-9,12-15H,10-11H2,1-4H3,(H,24,26)/t15-/m1/s1. The first kappa shape index (κ1) is 18.1. The summed E-state index contributed by atoms with van der Waals surface area (Å²) in [5, 5.41) is 8.33. The van der Waals surface area contributed by atoms with E-state index in [0.717, 1.165) is 29.6 Å². The Morgan fingerprint density at radius 1 is 1.19 bits per heavy atom. The van der Waals surface area contributed by atoms with Crippen LogP contribution in [0.2, 0.25) is 0 Å². The number of pyridine rings is 1. The van der Waals surface area contributed by atoms with E-state index in [-0.39, 0.29) is 18.0 Å². The van der Waals surface area contributed by atoms with Gasteiger partial charge in [-0.25, -0.2) is 9.67 Å². The molecule has 5 heteroatoms. The van der Waals surface area contributed by atoms with Crippen LogP contribution >= 0.6 is 0 Å². The molecule has 2 aromatic heterocycles. The Labute approximate surface area is 154 Å². The average Bonchev–Trinajstić information content (AvgIpc) is 3.04. The molecule has 0 radical (unpaired) electrons. The van der Waals surface area contributed by atoms with Crippen molar-refractivity contribution in [1.29, 1.82) is 0 Å². The van der Waals surface area contributed by atoms with Crippen molar-refractivity contribution in [2.24, 2.45) is 0 Å². The summed E-state index contributed by atoms with van der Waals surface area (Å²) in [5.74, 6) is -0.0654. The lowest BCUT2D eigenvalue weighted by atomic mass is 10.1. The van der Waals surface area contributed by atoms with Crippen molar-refractivity contribution in [3.05, 3.63) is 59.4 Å². The molecular formula is C21H26N4O. The van der Waals surface area contributed by atoms with E-state index in [1.807, 2.05) is 42.8 Å². The summed E-state index contributed by atoms with van der Waals surface area (Å²) in [6, 6.07) is 12.5. The summed E-state index contributed by atoms with van der Waals surface area (Å²) in [6.45, 7) is 8.07. The van der Waals surface area contributed by atoms with E-state index in [1.165, 1.54) is 5.56 Å². The minimum atomic E-state index is -0.0654. The number of aryl methyl sites for hydroxylation is 2. The molecule has 0 unspecified atom stereocenters. The molecule has 1 N–H and O–H groups in total. The van der Waals surface area contributed by atoms with Gasteiger partial charge >= 0.3 is 0 Å². The maximum atomic E-state index is 12.8. The van der Waals surface area contributed by atoms with Crippen molar-refractivity contribution >= 4 is 16.9 Å². The Morgan fingerprint density at radius 3 is 2.62 bits per heavy atom. The lowest BCUT2D eigenvalue weighted by Crippen LogP contribution is -2.33. The fourth-order valence-corrected chi connectivity index (χ4v) is 3.11. The first-order chi connectivity index (χ1) is 12.5. The van der Waals surface area contributed by atoms with E-state index in [4.69, 9.17) is 0 Å². The van der Waals surface area contributed by atoms with Gasteiger partial charge in [-0.1, -0.05) is 30.3 Å². The molecule has 136 valence electrons. The molecule has 3 aromatic rings. The Balaban J connectivity index is 1.75. The molecule has 0 spiro atoms. The zero-order valence-corrected chi connectivity index (χ0v) is 15.9. The summed E-state index contributed by atoms with van der Waals surface area (Å²) in [7, 11) is 0. The van der Waals surface area contributed by atoms with E-state index in [2.05, 4.69) is 41.4 Å². The highest BCUT2D eigenvalue weighted by Gasteiger charge is 2.18. The Kier molecular flexibility index (Phi) is 5.35. The highest BCUT2D eigenvalue weighted by Crippen LogP contribution is 2.21. The fourth-order valence-electron chi connectivity index (χ4n) is 3.11. The molecule has 0 fully saturated rings. The second-order valence-corrected chi connectivity index (χ2v) is 7.13. The molecule has 0 aliphatic carbocycles. The van der Waals surface area contributed by atoms with E-state index in [1.54, 1.807) is 6.20 Å². The van der Waals surface area contributed by atoms with Crippen LogP contribution in [0, 0.1) is 6.92 Å². The number of hydrogen-bond donors (Lipinski definition) is 1. The lowest BCUT2D eigenvalue weighted by molar-refractivity contribution is 0.0940. The lowest BCUT2D eigenvalue weighted by Gasteiger charge is -2.15. The van der Waals surface area contributed by atoms with Gasteiger partial charge < -0.3 is 5.32 Å². The summed E-state index contributed by atoms with van der Waals surface area (Å²) < 4.78 is 1.86. The third-order valence-corrected chi connectivity index (χ3v) is 4.51. The number of fused-ring (bicyclic) bond motifs is 1. The maximum Gasteiger partial charge on any atom is 0.252 e. The number of aromatic nitrogens is 3. The molecule has 1 amide bonds. The minimum absolute atomic E-state index is 0.0654. The molecule has 0 aliphatic rings. The molecule has 0 saturated carbocycles. The number of amides is 1. The molecule has 26 heavy (non-hydrogen) atoms. The number of nitrogens with one attached hydrogen (secondary N) is 1. The number of rotatable bonds is 6. The number of carbonyl (C=O) groups is 1. The number of hydrogen-bond acceptors (Lipinski definition) is 3. The van der Waals surface area contributed by atoms with Crippen LogP contribution in [0.5, 0.6) is 0 Å². The highest BCUT2D eigenvalue weighted by molar-refractivity contribution is 6.05. The van der Waals surface area contributed by atoms with Gasteiger partial charge in [0.1, 0.15) is 0 Å². The summed E-state index contributed by atoms with van der Waals surface area (Å²) in [6.07, 6.45) is 3.58. The molecule has 2 heterocycles. The summed E-state index contributed by atoms with van der Waals surface area (Å²) in [5.41, 5.74) is 3.52. The van der Waals surface area contributed by atoms with Gasteiger partial charge in [-0.15, -0.1) is 0 Å². The predicted octanol–water partition coefficient (Wildman–Crippen LogP) is 4.07. The van der Waals surface area contributed by atoms with Gasteiger partial charge in [0, 0.05) is 17.8 Å². The van der Waals surface area contributed by atoms with Gasteiger partial charge in [0.15, 0.2) is 5.65 Å². The summed E-state index contributed by atoms with van der Waals surface area (Å²) >= 11 is 0. The molecule has 1 aromatic carbocycles. The third kappa shape index (κ3) is 3.93. The van der Waals surface area contributed by atoms with Crippen LogP contribution in [-0.2, 0) is 6.42 Å². The number of benzene rings is 1. The van der Waals surface area contributed by atoms with Crippen LogP contribution < -0.4 is 5.32 Å². The molecule has 3 rings (SSSR count). The van der Waals surface area contributed by atoms with Crippen LogP contribution in [0.25, 0.3) is 11.0 Å². The van der Waals surface area contributed by atoms with Crippen LogP contribution in [0.4, 0.5) is 0 Å². The molecular weight excluding hydrogens is 324 g/mol. The van der Waals surface area contributed by atoms with Gasteiger partial charge in [0.05, 0.1) is 17.1 Å². The average molecular weight is 350 g/mol. The number of carbonyl (C=O) groups excluding carboxylic acids is 1. The van der Waals surface area contributed by atoms with Crippen molar-refractivity contribution in [2.75, 3.05) is 0 Å². The van der Waals surface area contributed by atoms with Gasteiger partial charge in [-0.3, -0.25) is 4.79 Å².